The van der Waals surface area contributed by atoms with Gasteiger partial charge < -0.3 is 5.32 Å². The molecule has 100 valence electrons. The molecule has 0 aliphatic carbocycles. The van der Waals surface area contributed by atoms with Gasteiger partial charge in [-0.3, -0.25) is 9.59 Å². The molecule has 0 spiro atoms. The number of halogens is 1. The Bertz CT molecular complexity index is 551. The molecular weight excluding hydrogens is 375 g/mol. The van der Waals surface area contributed by atoms with Crippen LogP contribution in [-0.4, -0.2) is 28.9 Å². The molecular formula is C13H13IN2O2S. The first-order valence-electron chi connectivity index (χ1n) is 5.52. The maximum atomic E-state index is 12.1. The zero-order chi connectivity index (χ0) is 14.5. The Hall–Kier alpha value is -1.11. The second-order valence-corrected chi connectivity index (χ2v) is 5.85. The summed E-state index contributed by atoms with van der Waals surface area (Å²) in [5.41, 5.74) is -0.472. The van der Waals surface area contributed by atoms with E-state index in [4.69, 9.17) is 0 Å². The highest BCUT2D eigenvalue weighted by Crippen LogP contribution is 2.11. The highest BCUT2D eigenvalue weighted by atomic mass is 127. The van der Waals surface area contributed by atoms with Crippen LogP contribution in [0.2, 0.25) is 0 Å². The van der Waals surface area contributed by atoms with Crippen molar-refractivity contribution in [2.45, 2.75) is 19.4 Å². The number of isothiocyanates is 1. The topological polar surface area (TPSA) is 58.5 Å². The molecule has 1 amide bonds. The lowest BCUT2D eigenvalue weighted by atomic mass is 9.98. The van der Waals surface area contributed by atoms with E-state index in [1.165, 1.54) is 0 Å². The van der Waals surface area contributed by atoms with Crippen molar-refractivity contribution >= 4 is 51.7 Å². The molecule has 0 saturated carbocycles. The standard InChI is InChI=1S/C13H13IN2O2S/c1-13(2,11(17)7-15-8-19)16-12(18)9-4-3-5-10(14)6-9/h3-6H,7H2,1-2H3,(H,16,18). The Balaban J connectivity index is 2.80. The average Bonchev–Trinajstić information content (AvgIpc) is 2.35. The van der Waals surface area contributed by atoms with Gasteiger partial charge in [0.05, 0.1) is 10.7 Å². The molecule has 0 radical (unpaired) electrons. The van der Waals surface area contributed by atoms with Crippen molar-refractivity contribution in [1.29, 1.82) is 0 Å². The van der Waals surface area contributed by atoms with Gasteiger partial charge in [0, 0.05) is 9.13 Å². The van der Waals surface area contributed by atoms with Crippen LogP contribution < -0.4 is 5.32 Å². The number of Topliss-reactive ketones (excluding diaryl/α,β-unsaturated/α-hetero) is 1. The van der Waals surface area contributed by atoms with Gasteiger partial charge in [0.15, 0.2) is 5.78 Å². The molecule has 0 aliphatic heterocycles. The number of aliphatic imine (C=N–C) groups is 1. The normalized spacial score (nSPS) is 10.5. The summed E-state index contributed by atoms with van der Waals surface area (Å²) in [5.74, 6) is -0.507. The summed E-state index contributed by atoms with van der Waals surface area (Å²) in [7, 11) is 0. The number of ketones is 1. The summed E-state index contributed by atoms with van der Waals surface area (Å²) < 4.78 is 0.958. The third-order valence-corrected chi connectivity index (χ3v) is 3.30. The average molecular weight is 388 g/mol. The summed E-state index contributed by atoms with van der Waals surface area (Å²) in [6.45, 7) is 3.20. The monoisotopic (exact) mass is 388 g/mol. The fourth-order valence-electron chi connectivity index (χ4n) is 1.36. The minimum Gasteiger partial charge on any atom is -0.340 e. The first-order chi connectivity index (χ1) is 8.86. The summed E-state index contributed by atoms with van der Waals surface area (Å²) >= 11 is 6.54. The Morgan fingerprint density at radius 1 is 1.47 bits per heavy atom. The van der Waals surface area contributed by atoms with Gasteiger partial charge in [-0.05, 0) is 66.9 Å². The van der Waals surface area contributed by atoms with E-state index < -0.39 is 5.54 Å². The molecule has 1 rings (SSSR count). The highest BCUT2D eigenvalue weighted by Gasteiger charge is 2.29. The predicted octanol–water partition coefficient (Wildman–Crippen LogP) is 2.47. The summed E-state index contributed by atoms with van der Waals surface area (Å²) in [4.78, 5) is 27.5. The van der Waals surface area contributed by atoms with E-state index in [1.807, 2.05) is 6.07 Å². The van der Waals surface area contributed by atoms with Crippen molar-refractivity contribution in [3.05, 3.63) is 33.4 Å². The molecule has 0 unspecified atom stereocenters. The van der Waals surface area contributed by atoms with Crippen LogP contribution in [0.15, 0.2) is 29.3 Å². The van der Waals surface area contributed by atoms with Crippen LogP contribution in [0, 0.1) is 3.57 Å². The SMILES string of the molecule is CC(C)(NC(=O)c1cccc(I)c1)C(=O)CN=C=S. The van der Waals surface area contributed by atoms with Gasteiger partial charge in [-0.1, -0.05) is 6.07 Å². The molecule has 0 aromatic heterocycles. The van der Waals surface area contributed by atoms with Crippen molar-refractivity contribution in [1.82, 2.24) is 5.32 Å². The zero-order valence-electron chi connectivity index (χ0n) is 10.6. The molecule has 4 nitrogen and oxygen atoms in total. The number of hydrogen-bond acceptors (Lipinski definition) is 4. The number of rotatable bonds is 5. The van der Waals surface area contributed by atoms with Gasteiger partial charge >= 0.3 is 0 Å². The molecule has 19 heavy (non-hydrogen) atoms. The van der Waals surface area contributed by atoms with Crippen molar-refractivity contribution < 1.29 is 9.59 Å². The molecule has 6 heteroatoms. The Kier molecular flexibility index (Phi) is 5.78. The third-order valence-electron chi connectivity index (χ3n) is 2.50. The molecule has 0 aliphatic rings. The van der Waals surface area contributed by atoms with Crippen LogP contribution >= 0.6 is 34.8 Å². The van der Waals surface area contributed by atoms with Crippen molar-refractivity contribution in [2.75, 3.05) is 6.54 Å². The fraction of sp³-hybridized carbons (Fsp3) is 0.308. The maximum absolute atomic E-state index is 12.1. The van der Waals surface area contributed by atoms with E-state index in [2.05, 4.69) is 50.3 Å². The number of hydrogen-bond donors (Lipinski definition) is 1. The number of carbonyl (C=O) groups excluding carboxylic acids is 2. The van der Waals surface area contributed by atoms with Crippen LogP contribution in [0.1, 0.15) is 24.2 Å². The molecule has 1 aromatic carbocycles. The smallest absolute Gasteiger partial charge is 0.252 e. The molecule has 0 heterocycles. The van der Waals surface area contributed by atoms with Crippen molar-refractivity contribution in [3.63, 3.8) is 0 Å². The van der Waals surface area contributed by atoms with Crippen LogP contribution in [0.3, 0.4) is 0 Å². The van der Waals surface area contributed by atoms with Crippen LogP contribution in [0.25, 0.3) is 0 Å². The van der Waals surface area contributed by atoms with E-state index in [0.29, 0.717) is 5.56 Å². The third kappa shape index (κ3) is 4.81. The van der Waals surface area contributed by atoms with Gasteiger partial charge in [-0.2, -0.15) is 0 Å². The fourth-order valence-corrected chi connectivity index (χ4v) is 1.96. The molecule has 0 saturated heterocycles. The molecule has 1 aromatic rings. The first-order valence-corrected chi connectivity index (χ1v) is 7.00. The van der Waals surface area contributed by atoms with Gasteiger partial charge in [-0.25, -0.2) is 4.99 Å². The lowest BCUT2D eigenvalue weighted by molar-refractivity contribution is -0.122. The Labute approximate surface area is 130 Å². The van der Waals surface area contributed by atoms with Crippen molar-refractivity contribution in [3.8, 4) is 0 Å². The lowest BCUT2D eigenvalue weighted by Crippen LogP contribution is -2.50. The highest BCUT2D eigenvalue weighted by molar-refractivity contribution is 14.1. The maximum Gasteiger partial charge on any atom is 0.252 e. The molecule has 0 fully saturated rings. The summed E-state index contributed by atoms with van der Waals surface area (Å²) in [5, 5.41) is 4.83. The van der Waals surface area contributed by atoms with E-state index in [-0.39, 0.29) is 18.2 Å². The van der Waals surface area contributed by atoms with E-state index in [9.17, 15) is 9.59 Å². The molecule has 0 atom stereocenters. The Morgan fingerprint density at radius 3 is 2.74 bits per heavy atom. The Morgan fingerprint density at radius 2 is 2.16 bits per heavy atom. The van der Waals surface area contributed by atoms with Crippen LogP contribution in [0.4, 0.5) is 0 Å². The van der Waals surface area contributed by atoms with Crippen molar-refractivity contribution in [2.24, 2.45) is 4.99 Å². The lowest BCUT2D eigenvalue weighted by Gasteiger charge is -2.23. The number of carbonyl (C=O) groups is 2. The molecule has 1 N–H and O–H groups in total. The zero-order valence-corrected chi connectivity index (χ0v) is 13.5. The summed E-state index contributed by atoms with van der Waals surface area (Å²) in [6.07, 6.45) is 0. The van der Waals surface area contributed by atoms with E-state index in [1.54, 1.807) is 32.0 Å². The number of amides is 1. The quantitative estimate of drug-likeness (QED) is 0.479. The summed E-state index contributed by atoms with van der Waals surface area (Å²) in [6, 6.07) is 7.14. The minimum absolute atomic E-state index is 0.0803. The number of thiocarbonyl (C=S) groups is 1. The second-order valence-electron chi connectivity index (χ2n) is 4.42. The number of nitrogens with zero attached hydrogens (tertiary/aromatic N) is 1. The van der Waals surface area contributed by atoms with Crippen LogP contribution in [-0.2, 0) is 4.79 Å². The van der Waals surface area contributed by atoms with Gasteiger partial charge in [0.1, 0.15) is 6.54 Å². The predicted molar refractivity (Wildman–Crippen MR) is 85.6 cm³/mol. The largest absolute Gasteiger partial charge is 0.340 e. The van der Waals surface area contributed by atoms with E-state index >= 15 is 0 Å². The number of nitrogens with one attached hydrogen (secondary N) is 1. The van der Waals surface area contributed by atoms with Gasteiger partial charge in [-0.15, -0.1) is 0 Å². The molecule has 0 bridgehead atoms. The minimum atomic E-state index is -0.992. The van der Waals surface area contributed by atoms with Gasteiger partial charge in [0.25, 0.3) is 5.91 Å². The first kappa shape index (κ1) is 15.9. The second kappa shape index (κ2) is 6.88. The number of benzene rings is 1. The van der Waals surface area contributed by atoms with Gasteiger partial charge in [0.2, 0.25) is 0 Å². The van der Waals surface area contributed by atoms with Crippen LogP contribution in [0.5, 0.6) is 0 Å². The van der Waals surface area contributed by atoms with E-state index in [0.717, 1.165) is 3.57 Å².